The van der Waals surface area contributed by atoms with E-state index in [1.165, 1.54) is 55.6 Å². The van der Waals surface area contributed by atoms with Crippen LogP contribution in [0.1, 0.15) is 20.7 Å². The maximum atomic E-state index is 12.2. The van der Waals surface area contributed by atoms with Crippen molar-refractivity contribution in [3.05, 3.63) is 83.9 Å². The normalized spacial score (nSPS) is 10.1. The van der Waals surface area contributed by atoms with E-state index in [2.05, 4.69) is 10.6 Å². The molecular weight excluding hydrogens is 454 g/mol. The molecule has 4 N–H and O–H groups in total. The molecule has 10 heteroatoms. The highest BCUT2D eigenvalue weighted by molar-refractivity contribution is 5.97. The fourth-order valence-corrected chi connectivity index (χ4v) is 2.86. The molecule has 3 aromatic rings. The number of rotatable bonds is 10. The number of nitrogens with one attached hydrogen (secondary N) is 2. The second-order valence-corrected chi connectivity index (χ2v) is 7.16. The Hall–Kier alpha value is -4.86. The summed E-state index contributed by atoms with van der Waals surface area (Å²) in [6.45, 7) is -0.735. The van der Waals surface area contributed by atoms with Gasteiger partial charge in [0.15, 0.2) is 13.2 Å². The van der Waals surface area contributed by atoms with Gasteiger partial charge in [0.25, 0.3) is 11.8 Å². The molecule has 0 radical (unpaired) electrons. The zero-order valence-corrected chi connectivity index (χ0v) is 18.8. The molecule has 0 saturated carbocycles. The third-order valence-corrected chi connectivity index (χ3v) is 4.60. The Morgan fingerprint density at radius 2 is 1.37 bits per heavy atom. The van der Waals surface area contributed by atoms with E-state index in [4.69, 9.17) is 19.9 Å². The van der Waals surface area contributed by atoms with Crippen LogP contribution in [0, 0.1) is 0 Å². The van der Waals surface area contributed by atoms with Crippen LogP contribution in [-0.4, -0.2) is 44.0 Å². The quantitative estimate of drug-likeness (QED) is 0.380. The van der Waals surface area contributed by atoms with Crippen molar-refractivity contribution in [2.24, 2.45) is 5.73 Å². The van der Waals surface area contributed by atoms with Gasteiger partial charge in [0.05, 0.1) is 12.7 Å². The van der Waals surface area contributed by atoms with Crippen molar-refractivity contribution in [3.63, 3.8) is 0 Å². The Bertz CT molecular complexity index is 1210. The minimum Gasteiger partial charge on any atom is -0.497 e. The van der Waals surface area contributed by atoms with Gasteiger partial charge in [0.1, 0.15) is 11.5 Å². The number of carbonyl (C=O) groups is 4. The molecule has 3 amide bonds. The summed E-state index contributed by atoms with van der Waals surface area (Å²) in [4.78, 5) is 47.3. The van der Waals surface area contributed by atoms with Crippen LogP contribution in [-0.2, 0) is 14.3 Å². The van der Waals surface area contributed by atoms with Crippen LogP contribution in [0.5, 0.6) is 11.5 Å². The first-order chi connectivity index (χ1) is 16.8. The number of esters is 1. The highest BCUT2D eigenvalue weighted by Crippen LogP contribution is 2.17. The summed E-state index contributed by atoms with van der Waals surface area (Å²) in [5.41, 5.74) is 6.67. The van der Waals surface area contributed by atoms with Crippen LogP contribution >= 0.6 is 0 Å². The van der Waals surface area contributed by atoms with E-state index in [9.17, 15) is 19.2 Å². The topological polar surface area (TPSA) is 146 Å². The molecule has 180 valence electrons. The molecule has 3 rings (SSSR count). The lowest BCUT2D eigenvalue weighted by Gasteiger charge is -2.09. The van der Waals surface area contributed by atoms with Gasteiger partial charge < -0.3 is 30.6 Å². The minimum absolute atomic E-state index is 0.205. The smallest absolute Gasteiger partial charge is 0.338 e. The average Bonchev–Trinajstić information content (AvgIpc) is 2.86. The van der Waals surface area contributed by atoms with Crippen LogP contribution in [0.25, 0.3) is 0 Å². The van der Waals surface area contributed by atoms with E-state index < -0.39 is 24.4 Å². The second-order valence-electron chi connectivity index (χ2n) is 7.16. The molecule has 0 aromatic heterocycles. The lowest BCUT2D eigenvalue weighted by molar-refractivity contribution is -0.119. The third-order valence-electron chi connectivity index (χ3n) is 4.60. The Balaban J connectivity index is 1.42. The Morgan fingerprint density at radius 1 is 0.743 bits per heavy atom. The molecule has 0 atom stereocenters. The molecule has 0 heterocycles. The highest BCUT2D eigenvalue weighted by Gasteiger charge is 2.12. The van der Waals surface area contributed by atoms with E-state index in [1.807, 2.05) is 0 Å². The second kappa shape index (κ2) is 11.8. The summed E-state index contributed by atoms with van der Waals surface area (Å²) >= 11 is 0. The number of benzene rings is 3. The SMILES string of the molecule is COc1cccc(NC(=O)COc2ccc(C(=O)OCC(=O)Nc3ccc(C(N)=O)cc3)cc2)c1. The predicted octanol–water partition coefficient (Wildman–Crippen LogP) is 2.61. The molecule has 0 unspecified atom stereocenters. The van der Waals surface area contributed by atoms with Gasteiger partial charge in [-0.25, -0.2) is 4.79 Å². The van der Waals surface area contributed by atoms with Crippen molar-refractivity contribution in [1.29, 1.82) is 0 Å². The fourth-order valence-electron chi connectivity index (χ4n) is 2.86. The third kappa shape index (κ3) is 7.60. The molecular formula is C25H23N3O7. The zero-order chi connectivity index (χ0) is 25.2. The summed E-state index contributed by atoms with van der Waals surface area (Å²) in [6.07, 6.45) is 0. The summed E-state index contributed by atoms with van der Waals surface area (Å²) < 4.78 is 15.5. The first-order valence-electron chi connectivity index (χ1n) is 10.4. The van der Waals surface area contributed by atoms with Crippen molar-refractivity contribution < 1.29 is 33.4 Å². The monoisotopic (exact) mass is 477 g/mol. The number of ether oxygens (including phenoxy) is 3. The van der Waals surface area contributed by atoms with E-state index >= 15 is 0 Å². The predicted molar refractivity (Wildman–Crippen MR) is 127 cm³/mol. The minimum atomic E-state index is -0.702. The van der Waals surface area contributed by atoms with E-state index in [0.29, 0.717) is 28.4 Å². The summed E-state index contributed by atoms with van der Waals surface area (Å²) in [7, 11) is 1.53. The number of carbonyl (C=O) groups excluding carboxylic acids is 4. The first kappa shape index (κ1) is 24.8. The number of amides is 3. The maximum absolute atomic E-state index is 12.2. The molecule has 35 heavy (non-hydrogen) atoms. The first-order valence-corrected chi connectivity index (χ1v) is 10.4. The van der Waals surface area contributed by atoms with Gasteiger partial charge in [0, 0.05) is 23.0 Å². The average molecular weight is 477 g/mol. The zero-order valence-electron chi connectivity index (χ0n) is 18.8. The van der Waals surface area contributed by atoms with E-state index in [1.54, 1.807) is 24.3 Å². The number of hydrogen-bond donors (Lipinski definition) is 3. The molecule has 10 nitrogen and oxygen atoms in total. The number of primary amides is 1. The van der Waals surface area contributed by atoms with Crippen LogP contribution < -0.4 is 25.8 Å². The number of anilines is 2. The van der Waals surface area contributed by atoms with Crippen molar-refractivity contribution in [1.82, 2.24) is 0 Å². The number of nitrogens with two attached hydrogens (primary N) is 1. The van der Waals surface area contributed by atoms with Crippen LogP contribution in [0.15, 0.2) is 72.8 Å². The summed E-state index contributed by atoms with van der Waals surface area (Å²) in [6, 6.07) is 18.8. The van der Waals surface area contributed by atoms with Crippen molar-refractivity contribution in [2.75, 3.05) is 31.0 Å². The summed E-state index contributed by atoms with van der Waals surface area (Å²) in [5, 5.41) is 5.23. The van der Waals surface area contributed by atoms with Gasteiger partial charge in [0.2, 0.25) is 5.91 Å². The molecule has 0 aliphatic rings. The van der Waals surface area contributed by atoms with Gasteiger partial charge in [-0.15, -0.1) is 0 Å². The van der Waals surface area contributed by atoms with Gasteiger partial charge in [-0.3, -0.25) is 14.4 Å². The number of hydrogen-bond acceptors (Lipinski definition) is 7. The van der Waals surface area contributed by atoms with Gasteiger partial charge in [-0.05, 0) is 60.7 Å². The van der Waals surface area contributed by atoms with Gasteiger partial charge >= 0.3 is 5.97 Å². The largest absolute Gasteiger partial charge is 0.497 e. The molecule has 0 aliphatic carbocycles. The van der Waals surface area contributed by atoms with Crippen molar-refractivity contribution >= 4 is 35.1 Å². The molecule has 0 fully saturated rings. The molecule has 0 aliphatic heterocycles. The van der Waals surface area contributed by atoms with Crippen LogP contribution in [0.3, 0.4) is 0 Å². The Kier molecular flexibility index (Phi) is 8.38. The van der Waals surface area contributed by atoms with Gasteiger partial charge in [-0.1, -0.05) is 6.07 Å². The standard InChI is InChI=1S/C25H23N3O7/c1-33-21-4-2-3-19(13-21)28-22(29)14-34-20-11-7-17(8-12-20)25(32)35-15-23(30)27-18-9-5-16(6-10-18)24(26)31/h2-13H,14-15H2,1H3,(H2,26,31)(H,27,30)(H,28,29). The van der Waals surface area contributed by atoms with E-state index in [-0.39, 0.29) is 18.1 Å². The van der Waals surface area contributed by atoms with Crippen LogP contribution in [0.4, 0.5) is 11.4 Å². The molecule has 3 aromatic carbocycles. The van der Waals surface area contributed by atoms with Crippen LogP contribution in [0.2, 0.25) is 0 Å². The molecule has 0 saturated heterocycles. The maximum Gasteiger partial charge on any atom is 0.338 e. The van der Waals surface area contributed by atoms with Crippen molar-refractivity contribution in [3.8, 4) is 11.5 Å². The summed E-state index contributed by atoms with van der Waals surface area (Å²) in [5.74, 6) is -1.21. The van der Waals surface area contributed by atoms with E-state index in [0.717, 1.165) is 0 Å². The van der Waals surface area contributed by atoms with Gasteiger partial charge in [-0.2, -0.15) is 0 Å². The molecule has 0 bridgehead atoms. The molecule has 0 spiro atoms. The Labute approximate surface area is 201 Å². The number of methoxy groups -OCH3 is 1. The lowest BCUT2D eigenvalue weighted by Crippen LogP contribution is -2.21. The highest BCUT2D eigenvalue weighted by atomic mass is 16.5. The lowest BCUT2D eigenvalue weighted by atomic mass is 10.2. The Morgan fingerprint density at radius 3 is 2.03 bits per heavy atom. The fraction of sp³-hybridized carbons (Fsp3) is 0.120. The van der Waals surface area contributed by atoms with Crippen molar-refractivity contribution in [2.45, 2.75) is 0 Å².